The fourth-order valence-corrected chi connectivity index (χ4v) is 3.10. The fraction of sp³-hybridized carbons (Fsp3) is 0.400. The molecule has 0 fully saturated rings. The molecule has 2 N–H and O–H groups in total. The monoisotopic (exact) mass is 257 g/mol. The first kappa shape index (κ1) is 9.56. The smallest absolute Gasteiger partial charge is 0.0340 e. The lowest BCUT2D eigenvalue weighted by molar-refractivity contribution is 0.507. The maximum Gasteiger partial charge on any atom is 0.0340 e. The third kappa shape index (κ3) is 1.78. The standard InChI is InChI=1S/C10H12BrNS/c1-6-5-13-9-3-2-7(11)4-8(9)10(6)12/h2-4,6,10H,5,12H2,1H3/t6-,10+/m1/s1. The maximum atomic E-state index is 6.12. The average Bonchev–Trinajstić information content (AvgIpc) is 2.12. The van der Waals surface area contributed by atoms with Crippen molar-refractivity contribution in [1.29, 1.82) is 0 Å². The zero-order valence-corrected chi connectivity index (χ0v) is 9.86. The van der Waals surface area contributed by atoms with E-state index < -0.39 is 0 Å². The van der Waals surface area contributed by atoms with E-state index in [1.807, 2.05) is 11.8 Å². The molecule has 13 heavy (non-hydrogen) atoms. The number of benzene rings is 1. The minimum absolute atomic E-state index is 0.203. The number of thioether (sulfide) groups is 1. The van der Waals surface area contributed by atoms with Crippen LogP contribution in [0.3, 0.4) is 0 Å². The van der Waals surface area contributed by atoms with Crippen LogP contribution in [-0.2, 0) is 0 Å². The molecule has 1 heterocycles. The first-order valence-electron chi connectivity index (χ1n) is 4.36. The fourth-order valence-electron chi connectivity index (χ4n) is 1.54. The van der Waals surface area contributed by atoms with Gasteiger partial charge >= 0.3 is 0 Å². The zero-order chi connectivity index (χ0) is 9.42. The number of halogens is 1. The summed E-state index contributed by atoms with van der Waals surface area (Å²) < 4.78 is 1.12. The van der Waals surface area contributed by atoms with Gasteiger partial charge in [0.2, 0.25) is 0 Å². The molecule has 0 radical (unpaired) electrons. The molecule has 0 unspecified atom stereocenters. The predicted molar refractivity (Wildman–Crippen MR) is 61.0 cm³/mol. The molecule has 2 rings (SSSR count). The Morgan fingerprint density at radius 2 is 2.31 bits per heavy atom. The number of rotatable bonds is 0. The van der Waals surface area contributed by atoms with E-state index in [-0.39, 0.29) is 6.04 Å². The van der Waals surface area contributed by atoms with Gasteiger partial charge < -0.3 is 5.73 Å². The molecule has 0 aromatic heterocycles. The van der Waals surface area contributed by atoms with Crippen LogP contribution in [0.5, 0.6) is 0 Å². The Kier molecular flexibility index (Phi) is 2.67. The van der Waals surface area contributed by atoms with E-state index in [1.165, 1.54) is 10.5 Å². The van der Waals surface area contributed by atoms with Gasteiger partial charge in [0, 0.05) is 21.2 Å². The topological polar surface area (TPSA) is 26.0 Å². The lowest BCUT2D eigenvalue weighted by Crippen LogP contribution is -2.24. The minimum Gasteiger partial charge on any atom is -0.324 e. The van der Waals surface area contributed by atoms with Crippen molar-refractivity contribution in [3.63, 3.8) is 0 Å². The van der Waals surface area contributed by atoms with Gasteiger partial charge in [-0.05, 0) is 29.7 Å². The summed E-state index contributed by atoms with van der Waals surface area (Å²) in [5.74, 6) is 1.71. The zero-order valence-electron chi connectivity index (χ0n) is 7.46. The summed E-state index contributed by atoms with van der Waals surface area (Å²) in [7, 11) is 0. The average molecular weight is 258 g/mol. The minimum atomic E-state index is 0.203. The molecule has 0 saturated carbocycles. The normalized spacial score (nSPS) is 27.0. The molecule has 1 nitrogen and oxygen atoms in total. The lowest BCUT2D eigenvalue weighted by atomic mass is 9.96. The van der Waals surface area contributed by atoms with Crippen LogP contribution in [0.1, 0.15) is 18.5 Å². The van der Waals surface area contributed by atoms with Crippen LogP contribution in [-0.4, -0.2) is 5.75 Å². The highest BCUT2D eigenvalue weighted by atomic mass is 79.9. The molecule has 1 aromatic carbocycles. The van der Waals surface area contributed by atoms with Crippen molar-refractivity contribution in [1.82, 2.24) is 0 Å². The number of fused-ring (bicyclic) bond motifs is 1. The first-order chi connectivity index (χ1) is 6.18. The second-order valence-electron chi connectivity index (χ2n) is 3.50. The van der Waals surface area contributed by atoms with Gasteiger partial charge in [-0.1, -0.05) is 22.9 Å². The summed E-state index contributed by atoms with van der Waals surface area (Å²) >= 11 is 5.38. The van der Waals surface area contributed by atoms with E-state index in [2.05, 4.69) is 41.1 Å². The second-order valence-corrected chi connectivity index (χ2v) is 5.47. The van der Waals surface area contributed by atoms with Crippen molar-refractivity contribution in [2.75, 3.05) is 5.75 Å². The molecular weight excluding hydrogens is 246 g/mol. The van der Waals surface area contributed by atoms with Crippen molar-refractivity contribution < 1.29 is 0 Å². The molecule has 1 aliphatic heterocycles. The van der Waals surface area contributed by atoms with Gasteiger partial charge in [0.25, 0.3) is 0 Å². The highest BCUT2D eigenvalue weighted by molar-refractivity contribution is 9.10. The molecule has 2 atom stereocenters. The predicted octanol–water partition coefficient (Wildman–Crippen LogP) is 3.19. The van der Waals surface area contributed by atoms with Gasteiger partial charge in [-0.2, -0.15) is 0 Å². The summed E-state index contributed by atoms with van der Waals surface area (Å²) in [5.41, 5.74) is 7.41. The van der Waals surface area contributed by atoms with E-state index in [9.17, 15) is 0 Å². The molecule has 0 saturated heterocycles. The highest BCUT2D eigenvalue weighted by Crippen LogP contribution is 2.39. The molecule has 3 heteroatoms. The van der Waals surface area contributed by atoms with Crippen LogP contribution in [0.2, 0.25) is 0 Å². The number of nitrogens with two attached hydrogens (primary N) is 1. The summed E-state index contributed by atoms with van der Waals surface area (Å²) in [6.45, 7) is 2.21. The van der Waals surface area contributed by atoms with Crippen LogP contribution in [0.25, 0.3) is 0 Å². The molecule has 70 valence electrons. The maximum absolute atomic E-state index is 6.12. The van der Waals surface area contributed by atoms with Gasteiger partial charge in [0.05, 0.1) is 0 Å². The lowest BCUT2D eigenvalue weighted by Gasteiger charge is -2.27. The number of hydrogen-bond acceptors (Lipinski definition) is 2. The van der Waals surface area contributed by atoms with E-state index in [0.717, 1.165) is 10.2 Å². The van der Waals surface area contributed by atoms with Crippen molar-refractivity contribution >= 4 is 27.7 Å². The molecule has 0 spiro atoms. The van der Waals surface area contributed by atoms with Crippen molar-refractivity contribution in [3.8, 4) is 0 Å². The van der Waals surface area contributed by atoms with Crippen molar-refractivity contribution in [3.05, 3.63) is 28.2 Å². The second kappa shape index (κ2) is 3.64. The summed E-state index contributed by atoms with van der Waals surface area (Å²) in [6.07, 6.45) is 0. The molecule has 1 aliphatic rings. The van der Waals surface area contributed by atoms with Gasteiger partial charge in [0.1, 0.15) is 0 Å². The van der Waals surface area contributed by atoms with Crippen LogP contribution >= 0.6 is 27.7 Å². The molecule has 0 aliphatic carbocycles. The molecule has 1 aromatic rings. The Bertz CT molecular complexity index is 327. The van der Waals surface area contributed by atoms with Crippen LogP contribution in [0.15, 0.2) is 27.6 Å². The third-order valence-corrected chi connectivity index (χ3v) is 4.31. The van der Waals surface area contributed by atoms with E-state index in [4.69, 9.17) is 5.73 Å². The van der Waals surface area contributed by atoms with E-state index >= 15 is 0 Å². The van der Waals surface area contributed by atoms with Gasteiger partial charge in [-0.25, -0.2) is 0 Å². The Morgan fingerprint density at radius 3 is 3.08 bits per heavy atom. The SMILES string of the molecule is C[C@@H]1CSc2ccc(Br)cc2[C@H]1N. The molecular formula is C10H12BrNS. The summed E-state index contributed by atoms with van der Waals surface area (Å²) in [5, 5.41) is 0. The van der Waals surface area contributed by atoms with Crippen LogP contribution < -0.4 is 5.73 Å². The van der Waals surface area contributed by atoms with Gasteiger partial charge in [-0.15, -0.1) is 11.8 Å². The van der Waals surface area contributed by atoms with Crippen molar-refractivity contribution in [2.24, 2.45) is 11.7 Å². The Labute approximate surface area is 91.2 Å². The highest BCUT2D eigenvalue weighted by Gasteiger charge is 2.23. The van der Waals surface area contributed by atoms with E-state index in [1.54, 1.807) is 0 Å². The molecule has 0 amide bonds. The number of hydrogen-bond donors (Lipinski definition) is 1. The third-order valence-electron chi connectivity index (χ3n) is 2.45. The Morgan fingerprint density at radius 1 is 1.54 bits per heavy atom. The Hall–Kier alpha value is 0.01000. The van der Waals surface area contributed by atoms with Crippen molar-refractivity contribution in [2.45, 2.75) is 17.9 Å². The van der Waals surface area contributed by atoms with Gasteiger partial charge in [-0.3, -0.25) is 0 Å². The van der Waals surface area contributed by atoms with E-state index in [0.29, 0.717) is 5.92 Å². The van der Waals surface area contributed by atoms with Gasteiger partial charge in [0.15, 0.2) is 0 Å². The Balaban J connectivity index is 2.45. The summed E-state index contributed by atoms with van der Waals surface area (Å²) in [4.78, 5) is 1.34. The van der Waals surface area contributed by atoms with Crippen LogP contribution in [0, 0.1) is 5.92 Å². The largest absolute Gasteiger partial charge is 0.324 e. The summed E-state index contributed by atoms with van der Waals surface area (Å²) in [6, 6.07) is 6.57. The quantitative estimate of drug-likeness (QED) is 0.773. The van der Waals surface area contributed by atoms with Crippen LogP contribution in [0.4, 0.5) is 0 Å². The molecule has 0 bridgehead atoms. The first-order valence-corrected chi connectivity index (χ1v) is 6.14.